The first kappa shape index (κ1) is 10.7. The van der Waals surface area contributed by atoms with E-state index in [4.69, 9.17) is 5.11 Å². The van der Waals surface area contributed by atoms with Crippen molar-refractivity contribution in [1.82, 2.24) is 14.6 Å². The summed E-state index contributed by atoms with van der Waals surface area (Å²) in [5.41, 5.74) is 0.567. The van der Waals surface area contributed by atoms with Gasteiger partial charge in [-0.1, -0.05) is 6.07 Å². The van der Waals surface area contributed by atoms with Gasteiger partial charge in [0.1, 0.15) is 6.61 Å². The number of anilines is 1. The Balaban J connectivity index is 2.10. The molecule has 0 unspecified atom stereocenters. The number of halogens is 2. The number of aliphatic hydroxyl groups excluding tert-OH is 1. The van der Waals surface area contributed by atoms with Crippen molar-refractivity contribution in [3.05, 3.63) is 24.4 Å². The Kier molecular flexibility index (Phi) is 2.69. The van der Waals surface area contributed by atoms with Crippen molar-refractivity contribution in [2.24, 2.45) is 0 Å². The quantitative estimate of drug-likeness (QED) is 0.811. The topological polar surface area (TPSA) is 62.5 Å². The highest BCUT2D eigenvalue weighted by Crippen LogP contribution is 2.13. The van der Waals surface area contributed by atoms with E-state index < -0.39 is 19.1 Å². The number of alkyl halides is 2. The number of nitrogens with one attached hydrogen (secondary N) is 1. The number of aliphatic hydroxyl groups is 1. The van der Waals surface area contributed by atoms with Gasteiger partial charge in [0, 0.05) is 6.20 Å². The van der Waals surface area contributed by atoms with Gasteiger partial charge in [-0.15, -0.1) is 5.10 Å². The summed E-state index contributed by atoms with van der Waals surface area (Å²) < 4.78 is 26.9. The lowest BCUT2D eigenvalue weighted by Crippen LogP contribution is -2.31. The van der Waals surface area contributed by atoms with Gasteiger partial charge in [-0.05, 0) is 12.1 Å². The smallest absolute Gasteiger partial charge is 0.287 e. The van der Waals surface area contributed by atoms with Gasteiger partial charge in [0.15, 0.2) is 5.65 Å². The fourth-order valence-electron chi connectivity index (χ4n) is 1.17. The minimum atomic E-state index is -3.17. The molecule has 0 aliphatic rings. The molecule has 0 bridgehead atoms. The second-order valence-electron chi connectivity index (χ2n) is 3.31. The van der Waals surface area contributed by atoms with Crippen LogP contribution in [0, 0.1) is 0 Å². The average molecular weight is 228 g/mol. The number of pyridine rings is 1. The Hall–Kier alpha value is -1.76. The summed E-state index contributed by atoms with van der Waals surface area (Å²) in [6.07, 6.45) is 1.66. The summed E-state index contributed by atoms with van der Waals surface area (Å²) in [6.45, 7) is -1.90. The van der Waals surface area contributed by atoms with Crippen molar-refractivity contribution in [3.8, 4) is 0 Å². The Morgan fingerprint density at radius 1 is 1.44 bits per heavy atom. The Bertz CT molecular complexity index is 452. The van der Waals surface area contributed by atoms with E-state index in [9.17, 15) is 8.78 Å². The minimum Gasteiger partial charge on any atom is -0.390 e. The standard InChI is InChI=1S/C9H10F2N4O/c10-9(11,6-16)5-12-8-13-7-3-1-2-4-15(7)14-8/h1-4,16H,5-6H2,(H,12,14). The van der Waals surface area contributed by atoms with Gasteiger partial charge in [0.05, 0.1) is 6.54 Å². The lowest BCUT2D eigenvalue weighted by molar-refractivity contribution is -0.0374. The number of fused-ring (bicyclic) bond motifs is 1. The number of nitrogens with zero attached hydrogens (tertiary/aromatic N) is 3. The Morgan fingerprint density at radius 3 is 2.94 bits per heavy atom. The van der Waals surface area contributed by atoms with Crippen molar-refractivity contribution >= 4 is 11.6 Å². The lowest BCUT2D eigenvalue weighted by atomic mass is 10.3. The predicted molar refractivity (Wildman–Crippen MR) is 53.5 cm³/mol. The van der Waals surface area contributed by atoms with Crippen LogP contribution in [0.25, 0.3) is 5.65 Å². The van der Waals surface area contributed by atoms with Crippen LogP contribution in [0.2, 0.25) is 0 Å². The number of aromatic nitrogens is 3. The maximum atomic E-state index is 12.7. The second-order valence-corrected chi connectivity index (χ2v) is 3.31. The van der Waals surface area contributed by atoms with E-state index in [0.29, 0.717) is 5.65 Å². The fraction of sp³-hybridized carbons (Fsp3) is 0.333. The zero-order chi connectivity index (χ0) is 11.6. The highest BCUT2D eigenvalue weighted by atomic mass is 19.3. The summed E-state index contributed by atoms with van der Waals surface area (Å²) in [5, 5.41) is 14.7. The van der Waals surface area contributed by atoms with E-state index >= 15 is 0 Å². The zero-order valence-corrected chi connectivity index (χ0v) is 8.27. The molecule has 0 saturated carbocycles. The van der Waals surface area contributed by atoms with Gasteiger partial charge in [0.25, 0.3) is 5.92 Å². The maximum absolute atomic E-state index is 12.7. The van der Waals surface area contributed by atoms with Crippen LogP contribution in [0.15, 0.2) is 24.4 Å². The molecule has 86 valence electrons. The highest BCUT2D eigenvalue weighted by molar-refractivity contribution is 5.42. The van der Waals surface area contributed by atoms with Crippen LogP contribution in [0.1, 0.15) is 0 Å². The lowest BCUT2D eigenvalue weighted by Gasteiger charge is -2.12. The van der Waals surface area contributed by atoms with Crippen molar-refractivity contribution in [2.45, 2.75) is 5.92 Å². The normalized spacial score (nSPS) is 11.9. The van der Waals surface area contributed by atoms with E-state index in [2.05, 4.69) is 15.4 Å². The van der Waals surface area contributed by atoms with Crippen LogP contribution in [0.3, 0.4) is 0 Å². The SMILES string of the molecule is OCC(F)(F)CNc1nc2ccccn2n1. The zero-order valence-electron chi connectivity index (χ0n) is 8.27. The number of hydrogen-bond acceptors (Lipinski definition) is 4. The van der Waals surface area contributed by atoms with Crippen LogP contribution in [0.4, 0.5) is 14.7 Å². The third kappa shape index (κ3) is 2.25. The minimum absolute atomic E-state index is 0.110. The molecule has 0 aliphatic carbocycles. The van der Waals surface area contributed by atoms with Crippen molar-refractivity contribution in [2.75, 3.05) is 18.5 Å². The van der Waals surface area contributed by atoms with E-state index in [0.717, 1.165) is 0 Å². The van der Waals surface area contributed by atoms with Crippen LogP contribution in [-0.2, 0) is 0 Å². The van der Waals surface area contributed by atoms with E-state index in [1.54, 1.807) is 24.4 Å². The molecular weight excluding hydrogens is 218 g/mol. The second kappa shape index (κ2) is 4.01. The van der Waals surface area contributed by atoms with Gasteiger partial charge in [-0.3, -0.25) is 0 Å². The van der Waals surface area contributed by atoms with Gasteiger partial charge >= 0.3 is 0 Å². The monoisotopic (exact) mass is 228 g/mol. The predicted octanol–water partition coefficient (Wildman–Crippen LogP) is 0.769. The Morgan fingerprint density at radius 2 is 2.25 bits per heavy atom. The molecule has 0 amide bonds. The molecule has 2 N–H and O–H groups in total. The fourth-order valence-corrected chi connectivity index (χ4v) is 1.17. The maximum Gasteiger partial charge on any atom is 0.287 e. The van der Waals surface area contributed by atoms with Gasteiger partial charge in [-0.25, -0.2) is 13.3 Å². The van der Waals surface area contributed by atoms with Crippen molar-refractivity contribution in [1.29, 1.82) is 0 Å². The van der Waals surface area contributed by atoms with Crippen molar-refractivity contribution < 1.29 is 13.9 Å². The molecular formula is C9H10F2N4O. The largest absolute Gasteiger partial charge is 0.390 e. The molecule has 2 aromatic rings. The number of hydrogen-bond donors (Lipinski definition) is 2. The van der Waals surface area contributed by atoms with Crippen molar-refractivity contribution in [3.63, 3.8) is 0 Å². The molecule has 2 rings (SSSR count). The molecule has 0 aliphatic heterocycles. The molecule has 0 saturated heterocycles. The molecule has 16 heavy (non-hydrogen) atoms. The van der Waals surface area contributed by atoms with Gasteiger partial charge in [-0.2, -0.15) is 4.98 Å². The van der Waals surface area contributed by atoms with Crippen LogP contribution >= 0.6 is 0 Å². The molecule has 2 aromatic heterocycles. The van der Waals surface area contributed by atoms with E-state index in [1.165, 1.54) is 4.52 Å². The molecule has 0 spiro atoms. The average Bonchev–Trinajstić information content (AvgIpc) is 2.69. The number of rotatable bonds is 4. The van der Waals surface area contributed by atoms with Gasteiger partial charge < -0.3 is 10.4 Å². The summed E-state index contributed by atoms with van der Waals surface area (Å²) in [7, 11) is 0. The van der Waals surface area contributed by atoms with Crippen LogP contribution in [0.5, 0.6) is 0 Å². The Labute approximate surface area is 89.7 Å². The van der Waals surface area contributed by atoms with Crippen LogP contribution in [-0.4, -0.2) is 38.8 Å². The first-order valence-electron chi connectivity index (χ1n) is 4.65. The summed E-state index contributed by atoms with van der Waals surface area (Å²) in [6, 6.07) is 5.24. The molecule has 7 heteroatoms. The van der Waals surface area contributed by atoms with Gasteiger partial charge in [0.2, 0.25) is 5.95 Å². The van der Waals surface area contributed by atoms with E-state index in [1.807, 2.05) is 0 Å². The molecule has 0 atom stereocenters. The molecule has 0 aromatic carbocycles. The molecule has 0 fully saturated rings. The molecule has 0 radical (unpaired) electrons. The summed E-state index contributed by atoms with van der Waals surface area (Å²) in [5.74, 6) is -3.06. The van der Waals surface area contributed by atoms with E-state index in [-0.39, 0.29) is 5.95 Å². The first-order chi connectivity index (χ1) is 7.61. The third-order valence-electron chi connectivity index (χ3n) is 1.98. The highest BCUT2D eigenvalue weighted by Gasteiger charge is 2.27. The first-order valence-corrected chi connectivity index (χ1v) is 4.65. The molecule has 5 nitrogen and oxygen atoms in total. The summed E-state index contributed by atoms with van der Waals surface area (Å²) >= 11 is 0. The van der Waals surface area contributed by atoms with Crippen LogP contribution < -0.4 is 5.32 Å². The third-order valence-corrected chi connectivity index (χ3v) is 1.98. The molecule has 2 heterocycles. The summed E-state index contributed by atoms with van der Waals surface area (Å²) in [4.78, 5) is 3.98.